The molecule has 72 valence electrons. The van der Waals surface area contributed by atoms with Gasteiger partial charge in [-0.25, -0.2) is 9.37 Å². The number of aromatic nitrogens is 1. The predicted molar refractivity (Wildman–Crippen MR) is 59.4 cm³/mol. The van der Waals surface area contributed by atoms with Crippen molar-refractivity contribution in [3.63, 3.8) is 0 Å². The van der Waals surface area contributed by atoms with Crippen LogP contribution in [0.15, 0.2) is 22.8 Å². The molecule has 5 heteroatoms. The number of hydrogen-bond acceptors (Lipinski definition) is 1. The van der Waals surface area contributed by atoms with Crippen LogP contribution in [-0.2, 0) is 0 Å². The number of pyridine rings is 1. The van der Waals surface area contributed by atoms with Gasteiger partial charge in [0.1, 0.15) is 11.0 Å². The van der Waals surface area contributed by atoms with Crippen molar-refractivity contribution in [3.8, 4) is 0 Å². The number of fused-ring (bicyclic) bond motifs is 1. The largest absolute Gasteiger partial charge is 0.243 e. The third kappa shape index (κ3) is 1.60. The smallest absolute Gasteiger partial charge is 0.139 e. The summed E-state index contributed by atoms with van der Waals surface area (Å²) in [5.41, 5.74) is 0. The number of halogens is 4. The second kappa shape index (κ2) is 3.65. The van der Waals surface area contributed by atoms with Gasteiger partial charge in [-0.2, -0.15) is 0 Å². The summed E-state index contributed by atoms with van der Waals surface area (Å²) in [4.78, 5) is 3.83. The summed E-state index contributed by atoms with van der Waals surface area (Å²) in [6, 6.07) is 2.85. The van der Waals surface area contributed by atoms with Gasteiger partial charge in [-0.15, -0.1) is 0 Å². The van der Waals surface area contributed by atoms with E-state index in [0.29, 0.717) is 14.9 Å². The fraction of sp³-hybridized carbons (Fsp3) is 0. The molecule has 0 saturated carbocycles. The van der Waals surface area contributed by atoms with Crippen molar-refractivity contribution in [2.24, 2.45) is 0 Å². The van der Waals surface area contributed by atoms with Gasteiger partial charge in [0.25, 0.3) is 0 Å². The molecular weight excluding hydrogens is 292 g/mol. The van der Waals surface area contributed by atoms with E-state index >= 15 is 0 Å². The van der Waals surface area contributed by atoms with Gasteiger partial charge in [0.2, 0.25) is 0 Å². The molecule has 0 N–H and O–H groups in total. The van der Waals surface area contributed by atoms with E-state index < -0.39 is 5.82 Å². The lowest BCUT2D eigenvalue weighted by Gasteiger charge is -2.04. The maximum absolute atomic E-state index is 13.5. The highest BCUT2D eigenvalue weighted by Gasteiger charge is 2.10. The molecule has 1 nitrogen and oxygen atoms in total. The Hall–Kier alpha value is -0.380. The molecule has 0 atom stereocenters. The second-order valence-corrected chi connectivity index (χ2v) is 4.36. The first-order valence-corrected chi connectivity index (χ1v) is 5.23. The zero-order chi connectivity index (χ0) is 10.3. The molecule has 0 fully saturated rings. The van der Waals surface area contributed by atoms with Gasteiger partial charge in [0.05, 0.1) is 5.39 Å². The first-order valence-electron chi connectivity index (χ1n) is 3.68. The van der Waals surface area contributed by atoms with E-state index in [1.54, 1.807) is 6.07 Å². The molecule has 0 amide bonds. The highest BCUT2D eigenvalue weighted by atomic mass is 79.9. The van der Waals surface area contributed by atoms with Crippen molar-refractivity contribution >= 4 is 49.9 Å². The normalized spacial score (nSPS) is 10.9. The number of hydrogen-bond donors (Lipinski definition) is 0. The van der Waals surface area contributed by atoms with Crippen molar-refractivity contribution in [1.29, 1.82) is 0 Å². The predicted octanol–water partition coefficient (Wildman–Crippen LogP) is 4.44. The maximum atomic E-state index is 13.5. The van der Waals surface area contributed by atoms with Crippen LogP contribution in [0.1, 0.15) is 0 Å². The Morgan fingerprint density at radius 2 is 2.00 bits per heavy atom. The van der Waals surface area contributed by atoms with Crippen LogP contribution in [-0.4, -0.2) is 4.98 Å². The SMILES string of the molecule is Fc1cc(Cl)cc2c(Br)cnc(Cl)c12. The average molecular weight is 295 g/mol. The third-order valence-electron chi connectivity index (χ3n) is 1.81. The number of benzene rings is 1. The van der Waals surface area contributed by atoms with Gasteiger partial charge in [0.15, 0.2) is 0 Å². The van der Waals surface area contributed by atoms with E-state index in [1.165, 1.54) is 12.3 Å². The van der Waals surface area contributed by atoms with Crippen molar-refractivity contribution in [2.45, 2.75) is 0 Å². The quantitative estimate of drug-likeness (QED) is 0.655. The minimum Gasteiger partial charge on any atom is -0.243 e. The van der Waals surface area contributed by atoms with Crippen LogP contribution in [0, 0.1) is 5.82 Å². The standard InChI is InChI=1S/C9H3BrCl2FN/c10-6-3-14-9(12)8-5(6)1-4(11)2-7(8)13/h1-3H. The molecule has 14 heavy (non-hydrogen) atoms. The fourth-order valence-corrected chi connectivity index (χ4v) is 2.08. The van der Waals surface area contributed by atoms with E-state index in [9.17, 15) is 4.39 Å². The molecule has 2 rings (SSSR count). The summed E-state index contributed by atoms with van der Waals surface area (Å²) in [6.45, 7) is 0. The highest BCUT2D eigenvalue weighted by molar-refractivity contribution is 9.10. The molecule has 2 aromatic rings. The molecule has 0 bridgehead atoms. The van der Waals surface area contributed by atoms with Crippen molar-refractivity contribution < 1.29 is 4.39 Å². The molecule has 0 spiro atoms. The van der Waals surface area contributed by atoms with Crippen LogP contribution in [0.3, 0.4) is 0 Å². The van der Waals surface area contributed by atoms with Gasteiger partial charge in [0, 0.05) is 21.1 Å². The van der Waals surface area contributed by atoms with Crippen LogP contribution in [0.25, 0.3) is 10.8 Å². The average Bonchev–Trinajstić information content (AvgIpc) is 2.10. The van der Waals surface area contributed by atoms with Crippen LogP contribution in [0.5, 0.6) is 0 Å². The third-order valence-corrected chi connectivity index (χ3v) is 2.95. The first kappa shape index (κ1) is 10.1. The summed E-state index contributed by atoms with van der Waals surface area (Å²) in [5.74, 6) is -0.466. The van der Waals surface area contributed by atoms with Crippen molar-refractivity contribution in [1.82, 2.24) is 4.98 Å². The van der Waals surface area contributed by atoms with Crippen LogP contribution < -0.4 is 0 Å². The van der Waals surface area contributed by atoms with Gasteiger partial charge < -0.3 is 0 Å². The monoisotopic (exact) mass is 293 g/mol. The minimum absolute atomic E-state index is 0.136. The zero-order valence-corrected chi connectivity index (χ0v) is 9.79. The Bertz CT molecular complexity index is 516. The van der Waals surface area contributed by atoms with Gasteiger partial charge in [-0.1, -0.05) is 23.2 Å². The number of nitrogens with zero attached hydrogens (tertiary/aromatic N) is 1. The van der Waals surface area contributed by atoms with E-state index in [4.69, 9.17) is 23.2 Å². The van der Waals surface area contributed by atoms with Gasteiger partial charge >= 0.3 is 0 Å². The number of rotatable bonds is 0. The van der Waals surface area contributed by atoms with E-state index in [0.717, 1.165) is 0 Å². The van der Waals surface area contributed by atoms with Crippen LogP contribution >= 0.6 is 39.1 Å². The topological polar surface area (TPSA) is 12.9 Å². The molecule has 1 heterocycles. The second-order valence-electron chi connectivity index (χ2n) is 2.71. The lowest BCUT2D eigenvalue weighted by molar-refractivity contribution is 0.639. The van der Waals surface area contributed by atoms with E-state index in [2.05, 4.69) is 20.9 Å². The minimum atomic E-state index is -0.466. The zero-order valence-electron chi connectivity index (χ0n) is 6.69. The molecule has 0 unspecified atom stereocenters. The summed E-state index contributed by atoms with van der Waals surface area (Å²) in [6.07, 6.45) is 1.51. The summed E-state index contributed by atoms with van der Waals surface area (Å²) >= 11 is 14.7. The van der Waals surface area contributed by atoms with Crippen LogP contribution in [0.2, 0.25) is 10.2 Å². The Morgan fingerprint density at radius 1 is 1.29 bits per heavy atom. The summed E-state index contributed by atoms with van der Waals surface area (Å²) in [5, 5.41) is 1.37. The lowest BCUT2D eigenvalue weighted by atomic mass is 10.2. The molecule has 0 radical (unpaired) electrons. The molecule has 0 aliphatic carbocycles. The van der Waals surface area contributed by atoms with Crippen LogP contribution in [0.4, 0.5) is 4.39 Å². The molecular formula is C9H3BrCl2FN. The Kier molecular flexibility index (Phi) is 2.64. The molecule has 0 aliphatic rings. The first-order chi connectivity index (χ1) is 6.59. The van der Waals surface area contributed by atoms with Crippen molar-refractivity contribution in [2.75, 3.05) is 0 Å². The molecule has 1 aromatic carbocycles. The summed E-state index contributed by atoms with van der Waals surface area (Å²) in [7, 11) is 0. The molecule has 1 aromatic heterocycles. The van der Waals surface area contributed by atoms with E-state index in [1.807, 2.05) is 0 Å². The highest BCUT2D eigenvalue weighted by Crippen LogP contribution is 2.32. The van der Waals surface area contributed by atoms with Gasteiger partial charge in [-0.3, -0.25) is 0 Å². The van der Waals surface area contributed by atoms with E-state index in [-0.39, 0.29) is 10.5 Å². The summed E-state index contributed by atoms with van der Waals surface area (Å²) < 4.78 is 14.1. The van der Waals surface area contributed by atoms with Crippen molar-refractivity contribution in [3.05, 3.63) is 38.8 Å². The fourth-order valence-electron chi connectivity index (χ4n) is 1.22. The maximum Gasteiger partial charge on any atom is 0.139 e. The Labute approximate surface area is 98.0 Å². The lowest BCUT2D eigenvalue weighted by Crippen LogP contribution is -1.86. The molecule has 0 saturated heterocycles. The Balaban J connectivity index is 3.00. The Morgan fingerprint density at radius 3 is 2.71 bits per heavy atom. The molecule has 0 aliphatic heterocycles. The van der Waals surface area contributed by atoms with Gasteiger partial charge in [-0.05, 0) is 28.1 Å².